The van der Waals surface area contributed by atoms with Crippen LogP contribution in [0.1, 0.15) is 28.8 Å². The molecule has 2 heterocycles. The Morgan fingerprint density at radius 1 is 1.50 bits per heavy atom. The van der Waals surface area contributed by atoms with Crippen molar-refractivity contribution in [2.75, 3.05) is 0 Å². The normalized spacial score (nSPS) is 11.9. The van der Waals surface area contributed by atoms with Gasteiger partial charge in [0.25, 0.3) is 0 Å². The molecule has 0 aliphatic rings. The van der Waals surface area contributed by atoms with Crippen LogP contribution in [0.3, 0.4) is 0 Å². The van der Waals surface area contributed by atoms with E-state index in [-0.39, 0.29) is 18.0 Å². The Morgan fingerprint density at radius 2 is 2.25 bits per heavy atom. The van der Waals surface area contributed by atoms with E-state index >= 15 is 0 Å². The van der Waals surface area contributed by atoms with Gasteiger partial charge in [-0.05, 0) is 30.4 Å². The lowest BCUT2D eigenvalue weighted by molar-refractivity contribution is 0.580. The summed E-state index contributed by atoms with van der Waals surface area (Å²) in [5.74, 6) is 0. The summed E-state index contributed by atoms with van der Waals surface area (Å²) in [6.45, 7) is 4.09. The van der Waals surface area contributed by atoms with Crippen LogP contribution in [0, 0.1) is 6.92 Å². The van der Waals surface area contributed by atoms with Crippen molar-refractivity contribution < 1.29 is 8.42 Å². The molecule has 110 valence electrons. The molecule has 0 unspecified atom stereocenters. The molecule has 0 bridgehead atoms. The Bertz CT molecular complexity index is 688. The Labute approximate surface area is 122 Å². The fourth-order valence-corrected chi connectivity index (χ4v) is 4.41. The fraction of sp³-hybridized carbons (Fsp3) is 0.417. The van der Waals surface area contributed by atoms with E-state index in [0.717, 1.165) is 11.3 Å². The van der Waals surface area contributed by atoms with Crippen molar-refractivity contribution in [2.24, 2.45) is 5.73 Å². The van der Waals surface area contributed by atoms with Crippen molar-refractivity contribution in [1.82, 2.24) is 14.9 Å². The fourth-order valence-electron chi connectivity index (χ4n) is 2.03. The summed E-state index contributed by atoms with van der Waals surface area (Å²) in [4.78, 5) is 1.20. The Hall–Kier alpha value is -1.22. The molecule has 0 aliphatic heterocycles. The van der Waals surface area contributed by atoms with Gasteiger partial charge in [0.15, 0.2) is 0 Å². The van der Waals surface area contributed by atoms with Crippen LogP contribution < -0.4 is 10.5 Å². The maximum atomic E-state index is 12.4. The topological polar surface area (TPSA) is 101 Å². The summed E-state index contributed by atoms with van der Waals surface area (Å²) in [6, 6.07) is 2.02. The van der Waals surface area contributed by atoms with Crippen LogP contribution in [0.15, 0.2) is 16.3 Å². The average Bonchev–Trinajstić information content (AvgIpc) is 3.02. The molecule has 2 rings (SSSR count). The Balaban J connectivity index is 2.22. The molecule has 2 aromatic rings. The number of thiophene rings is 1. The van der Waals surface area contributed by atoms with Gasteiger partial charge < -0.3 is 5.73 Å². The van der Waals surface area contributed by atoms with E-state index in [1.807, 2.05) is 18.4 Å². The van der Waals surface area contributed by atoms with Crippen molar-refractivity contribution in [3.8, 4) is 0 Å². The second kappa shape index (κ2) is 6.04. The van der Waals surface area contributed by atoms with E-state index in [2.05, 4.69) is 14.9 Å². The van der Waals surface area contributed by atoms with Crippen LogP contribution in [-0.2, 0) is 29.5 Å². The van der Waals surface area contributed by atoms with Crippen LogP contribution in [0.4, 0.5) is 0 Å². The summed E-state index contributed by atoms with van der Waals surface area (Å²) in [6.07, 6.45) is 0.888. The highest BCUT2D eigenvalue weighted by Crippen LogP contribution is 2.20. The molecule has 0 spiro atoms. The maximum absolute atomic E-state index is 12.4. The number of hydrogen-bond donors (Lipinski definition) is 3. The molecule has 0 atom stereocenters. The molecular formula is C12H18N4O2S2. The van der Waals surface area contributed by atoms with Crippen molar-refractivity contribution in [3.63, 3.8) is 0 Å². The number of nitrogens with zero attached hydrogens (tertiary/aromatic N) is 1. The van der Waals surface area contributed by atoms with Gasteiger partial charge >= 0.3 is 0 Å². The molecule has 4 N–H and O–H groups in total. The number of hydrogen-bond acceptors (Lipinski definition) is 5. The first-order valence-corrected chi connectivity index (χ1v) is 8.64. The first-order valence-electron chi connectivity index (χ1n) is 6.28. The third-order valence-electron chi connectivity index (χ3n) is 3.06. The minimum Gasteiger partial charge on any atom is -0.325 e. The van der Waals surface area contributed by atoms with Crippen LogP contribution >= 0.6 is 11.3 Å². The van der Waals surface area contributed by atoms with Gasteiger partial charge in [0.1, 0.15) is 4.90 Å². The molecule has 0 saturated carbocycles. The van der Waals surface area contributed by atoms with Gasteiger partial charge in [0.2, 0.25) is 10.0 Å². The van der Waals surface area contributed by atoms with E-state index in [0.29, 0.717) is 11.4 Å². The number of H-pyrrole nitrogens is 1. The van der Waals surface area contributed by atoms with Crippen LogP contribution in [-0.4, -0.2) is 18.6 Å². The maximum Gasteiger partial charge on any atom is 0.244 e. The van der Waals surface area contributed by atoms with Crippen LogP contribution in [0.25, 0.3) is 0 Å². The van der Waals surface area contributed by atoms with Crippen molar-refractivity contribution in [1.29, 1.82) is 0 Å². The zero-order chi connectivity index (χ0) is 14.8. The molecule has 0 amide bonds. The first-order chi connectivity index (χ1) is 9.49. The zero-order valence-corrected chi connectivity index (χ0v) is 13.1. The number of aromatic nitrogens is 2. The first kappa shape index (κ1) is 15.2. The number of nitrogens with one attached hydrogen (secondary N) is 2. The van der Waals surface area contributed by atoms with E-state index in [1.165, 1.54) is 5.56 Å². The largest absolute Gasteiger partial charge is 0.325 e. The molecular weight excluding hydrogens is 296 g/mol. The average molecular weight is 314 g/mol. The second-order valence-electron chi connectivity index (χ2n) is 4.38. The summed E-state index contributed by atoms with van der Waals surface area (Å²) >= 11 is 1.55. The van der Waals surface area contributed by atoms with Gasteiger partial charge in [-0.1, -0.05) is 6.92 Å². The lowest BCUT2D eigenvalue weighted by Crippen LogP contribution is -2.25. The van der Waals surface area contributed by atoms with E-state index in [1.54, 1.807) is 18.3 Å². The number of sulfonamides is 1. The SMILES string of the molecule is CCc1ccsc1CNS(=O)(=O)c1c(CN)n[nH]c1C. The molecule has 6 nitrogen and oxygen atoms in total. The predicted molar refractivity (Wildman–Crippen MR) is 78.9 cm³/mol. The molecule has 0 aliphatic carbocycles. The Kier molecular flexibility index (Phi) is 4.59. The van der Waals surface area contributed by atoms with Crippen LogP contribution in [0.2, 0.25) is 0 Å². The van der Waals surface area contributed by atoms with Crippen molar-refractivity contribution in [3.05, 3.63) is 33.3 Å². The van der Waals surface area contributed by atoms with E-state index in [9.17, 15) is 8.42 Å². The molecule has 0 fully saturated rings. The van der Waals surface area contributed by atoms with Crippen molar-refractivity contribution in [2.45, 2.75) is 38.3 Å². The minimum atomic E-state index is -3.61. The molecule has 0 radical (unpaired) electrons. The Morgan fingerprint density at radius 3 is 2.90 bits per heavy atom. The number of nitrogens with two attached hydrogens (primary N) is 1. The third-order valence-corrected chi connectivity index (χ3v) is 5.63. The highest BCUT2D eigenvalue weighted by atomic mass is 32.2. The number of aryl methyl sites for hydroxylation is 2. The zero-order valence-electron chi connectivity index (χ0n) is 11.4. The highest BCUT2D eigenvalue weighted by Gasteiger charge is 2.23. The molecule has 20 heavy (non-hydrogen) atoms. The van der Waals surface area contributed by atoms with Crippen LogP contribution in [0.5, 0.6) is 0 Å². The summed E-state index contributed by atoms with van der Waals surface area (Å²) in [5, 5.41) is 8.55. The third kappa shape index (κ3) is 2.93. The van der Waals surface area contributed by atoms with Gasteiger partial charge in [-0.15, -0.1) is 11.3 Å². The molecule has 0 saturated heterocycles. The number of rotatable bonds is 6. The van der Waals surface area contributed by atoms with Gasteiger partial charge in [0, 0.05) is 18.0 Å². The lowest BCUT2D eigenvalue weighted by atomic mass is 10.2. The summed E-state index contributed by atoms with van der Waals surface area (Å²) in [5.41, 5.74) is 7.55. The molecule has 0 aromatic carbocycles. The predicted octanol–water partition coefficient (Wildman–Crippen LogP) is 1.28. The van der Waals surface area contributed by atoms with Gasteiger partial charge in [-0.25, -0.2) is 13.1 Å². The monoisotopic (exact) mass is 314 g/mol. The number of aromatic amines is 1. The summed E-state index contributed by atoms with van der Waals surface area (Å²) in [7, 11) is -3.61. The summed E-state index contributed by atoms with van der Waals surface area (Å²) < 4.78 is 27.4. The van der Waals surface area contributed by atoms with Crippen molar-refractivity contribution >= 4 is 21.4 Å². The molecule has 2 aromatic heterocycles. The van der Waals surface area contributed by atoms with Gasteiger partial charge in [-0.2, -0.15) is 5.10 Å². The standard InChI is InChI=1S/C12H18N4O2S2/c1-3-9-4-5-19-11(9)7-14-20(17,18)12-8(2)15-16-10(12)6-13/h4-5,14H,3,6-7,13H2,1-2H3,(H,15,16). The second-order valence-corrected chi connectivity index (χ2v) is 7.08. The van der Waals surface area contributed by atoms with E-state index < -0.39 is 10.0 Å². The van der Waals surface area contributed by atoms with Gasteiger partial charge in [-0.3, -0.25) is 5.10 Å². The lowest BCUT2D eigenvalue weighted by Gasteiger charge is -2.07. The van der Waals surface area contributed by atoms with E-state index in [4.69, 9.17) is 5.73 Å². The minimum absolute atomic E-state index is 0.0831. The molecule has 8 heteroatoms. The highest BCUT2D eigenvalue weighted by molar-refractivity contribution is 7.89. The smallest absolute Gasteiger partial charge is 0.244 e. The van der Waals surface area contributed by atoms with Gasteiger partial charge in [0.05, 0.1) is 11.4 Å². The quantitative estimate of drug-likeness (QED) is 0.747.